The van der Waals surface area contributed by atoms with Crippen LogP contribution in [-0.4, -0.2) is 61.5 Å². The van der Waals surface area contributed by atoms with Crippen molar-refractivity contribution in [3.63, 3.8) is 0 Å². The molecule has 0 unspecified atom stereocenters. The summed E-state index contributed by atoms with van der Waals surface area (Å²) >= 11 is 0. The molecule has 0 aromatic heterocycles. The van der Waals surface area contributed by atoms with Gasteiger partial charge in [0.1, 0.15) is 0 Å². The molecule has 1 aliphatic rings. The molecule has 6 nitrogen and oxygen atoms in total. The van der Waals surface area contributed by atoms with Crippen molar-refractivity contribution in [2.24, 2.45) is 5.73 Å². The molecule has 1 aliphatic heterocycles. The van der Waals surface area contributed by atoms with Gasteiger partial charge in [0, 0.05) is 25.7 Å². The molecular weight excluding hydrogens is 254 g/mol. The van der Waals surface area contributed by atoms with Crippen molar-refractivity contribution >= 4 is 15.9 Å². The van der Waals surface area contributed by atoms with E-state index in [9.17, 15) is 13.2 Å². The molecule has 0 aromatic carbocycles. The van der Waals surface area contributed by atoms with E-state index in [0.29, 0.717) is 26.1 Å². The maximum atomic E-state index is 12.0. The van der Waals surface area contributed by atoms with Crippen LogP contribution in [0.1, 0.15) is 26.7 Å². The van der Waals surface area contributed by atoms with Crippen LogP contribution in [0.3, 0.4) is 0 Å². The molecule has 0 aliphatic carbocycles. The van der Waals surface area contributed by atoms with E-state index in [4.69, 9.17) is 5.73 Å². The smallest absolute Gasteiger partial charge is 0.239 e. The van der Waals surface area contributed by atoms with Gasteiger partial charge in [0.2, 0.25) is 15.9 Å². The molecule has 1 fully saturated rings. The molecule has 18 heavy (non-hydrogen) atoms. The molecule has 2 N–H and O–H groups in total. The Morgan fingerprint density at radius 1 is 1.44 bits per heavy atom. The Balaban J connectivity index is 2.64. The molecule has 1 amide bonds. The van der Waals surface area contributed by atoms with Gasteiger partial charge in [-0.25, -0.2) is 8.42 Å². The summed E-state index contributed by atoms with van der Waals surface area (Å²) in [5.74, 6) is -0.0724. The first-order valence-electron chi connectivity index (χ1n) is 6.28. The van der Waals surface area contributed by atoms with Gasteiger partial charge >= 0.3 is 0 Å². The van der Waals surface area contributed by atoms with Crippen molar-refractivity contribution in [3.8, 4) is 0 Å². The average molecular weight is 277 g/mol. The Morgan fingerprint density at radius 3 is 2.50 bits per heavy atom. The van der Waals surface area contributed by atoms with Crippen LogP contribution in [0.4, 0.5) is 0 Å². The predicted molar refractivity (Wildman–Crippen MR) is 70.5 cm³/mol. The van der Waals surface area contributed by atoms with Crippen LogP contribution in [0.25, 0.3) is 0 Å². The van der Waals surface area contributed by atoms with Crippen LogP contribution in [0, 0.1) is 0 Å². The minimum absolute atomic E-state index is 0.0724. The number of carbonyl (C=O) groups is 1. The van der Waals surface area contributed by atoms with Crippen molar-refractivity contribution in [1.82, 2.24) is 9.21 Å². The summed E-state index contributed by atoms with van der Waals surface area (Å²) < 4.78 is 24.4. The van der Waals surface area contributed by atoms with E-state index in [1.54, 1.807) is 4.90 Å². The zero-order valence-corrected chi connectivity index (χ0v) is 12.1. The lowest BCUT2D eigenvalue weighted by Gasteiger charge is -2.39. The van der Waals surface area contributed by atoms with Gasteiger partial charge in [-0.1, -0.05) is 13.3 Å². The van der Waals surface area contributed by atoms with Crippen LogP contribution in [0.2, 0.25) is 0 Å². The second-order valence-corrected chi connectivity index (χ2v) is 6.84. The summed E-state index contributed by atoms with van der Waals surface area (Å²) in [5, 5.41) is 0. The third-order valence-corrected chi connectivity index (χ3v) is 4.62. The minimum Gasteiger partial charge on any atom is -0.338 e. The van der Waals surface area contributed by atoms with E-state index < -0.39 is 16.1 Å². The Bertz CT molecular complexity index is 396. The molecule has 106 valence electrons. The van der Waals surface area contributed by atoms with Crippen LogP contribution >= 0.6 is 0 Å². The lowest BCUT2D eigenvalue weighted by atomic mass is 10.1. The second-order valence-electron chi connectivity index (χ2n) is 4.90. The van der Waals surface area contributed by atoms with Crippen molar-refractivity contribution in [3.05, 3.63) is 0 Å². The van der Waals surface area contributed by atoms with Gasteiger partial charge in [-0.05, 0) is 13.3 Å². The van der Waals surface area contributed by atoms with Gasteiger partial charge in [0.25, 0.3) is 0 Å². The van der Waals surface area contributed by atoms with E-state index in [0.717, 1.165) is 6.42 Å². The molecular formula is C11H23N3O3S. The molecule has 0 spiro atoms. The minimum atomic E-state index is -3.19. The largest absolute Gasteiger partial charge is 0.338 e. The molecule has 1 saturated heterocycles. The van der Waals surface area contributed by atoms with E-state index in [1.165, 1.54) is 10.6 Å². The fraction of sp³-hybridized carbons (Fsp3) is 0.909. The third kappa shape index (κ3) is 3.66. The Labute approximate surface area is 109 Å². The van der Waals surface area contributed by atoms with Crippen molar-refractivity contribution in [2.75, 3.05) is 25.9 Å². The number of amides is 1. The van der Waals surface area contributed by atoms with Crippen LogP contribution in [-0.2, 0) is 14.8 Å². The molecule has 2 atom stereocenters. The van der Waals surface area contributed by atoms with E-state index in [-0.39, 0.29) is 11.9 Å². The zero-order chi connectivity index (χ0) is 13.9. The quantitative estimate of drug-likeness (QED) is 0.758. The topological polar surface area (TPSA) is 83.7 Å². The molecule has 0 bridgehead atoms. The normalized spacial score (nSPS) is 24.0. The van der Waals surface area contributed by atoms with Crippen LogP contribution < -0.4 is 5.73 Å². The fourth-order valence-corrected chi connectivity index (χ4v) is 3.44. The third-order valence-electron chi connectivity index (χ3n) is 3.22. The fourth-order valence-electron chi connectivity index (χ4n) is 2.30. The first kappa shape index (κ1) is 15.4. The number of carbonyl (C=O) groups excluding carboxylic acids is 1. The summed E-state index contributed by atoms with van der Waals surface area (Å²) in [6.45, 7) is 4.99. The predicted octanol–water partition coefficient (Wildman–Crippen LogP) is -0.394. The summed E-state index contributed by atoms with van der Waals surface area (Å²) in [7, 11) is -3.19. The lowest BCUT2D eigenvalue weighted by molar-refractivity contribution is -0.134. The van der Waals surface area contributed by atoms with Gasteiger partial charge in [0.05, 0.1) is 12.3 Å². The number of piperazine rings is 1. The molecule has 0 aromatic rings. The number of hydrogen-bond donors (Lipinski definition) is 1. The van der Waals surface area contributed by atoms with Crippen LogP contribution in [0.5, 0.6) is 0 Å². The highest BCUT2D eigenvalue weighted by Crippen LogP contribution is 2.14. The average Bonchev–Trinajstić information content (AvgIpc) is 2.26. The Kier molecular flexibility index (Phi) is 5.12. The zero-order valence-electron chi connectivity index (χ0n) is 11.3. The SMILES string of the molecule is CCC[C@H](N)C(=O)N1CCN(S(C)(=O)=O)[C@@H](C)C1. The van der Waals surface area contributed by atoms with Gasteiger partial charge in [-0.2, -0.15) is 4.31 Å². The Hall–Kier alpha value is -0.660. The molecule has 1 rings (SSSR count). The number of hydrogen-bond acceptors (Lipinski definition) is 4. The summed E-state index contributed by atoms with van der Waals surface area (Å²) in [6, 6.07) is -0.654. The number of sulfonamides is 1. The lowest BCUT2D eigenvalue weighted by Crippen LogP contribution is -2.57. The summed E-state index contributed by atoms with van der Waals surface area (Å²) in [5.41, 5.74) is 5.80. The molecule has 0 radical (unpaired) electrons. The second kappa shape index (κ2) is 5.99. The van der Waals surface area contributed by atoms with E-state index >= 15 is 0 Å². The van der Waals surface area contributed by atoms with Gasteiger partial charge in [0.15, 0.2) is 0 Å². The summed E-state index contributed by atoms with van der Waals surface area (Å²) in [4.78, 5) is 13.7. The molecule has 1 heterocycles. The van der Waals surface area contributed by atoms with E-state index in [1.807, 2.05) is 13.8 Å². The molecule has 7 heteroatoms. The highest BCUT2D eigenvalue weighted by molar-refractivity contribution is 7.88. The highest BCUT2D eigenvalue weighted by atomic mass is 32.2. The first-order chi connectivity index (χ1) is 8.27. The van der Waals surface area contributed by atoms with Crippen molar-refractivity contribution in [2.45, 2.75) is 38.8 Å². The number of nitrogens with two attached hydrogens (primary N) is 1. The van der Waals surface area contributed by atoms with Crippen LogP contribution in [0.15, 0.2) is 0 Å². The molecule has 0 saturated carbocycles. The van der Waals surface area contributed by atoms with Gasteiger partial charge in [-0.15, -0.1) is 0 Å². The van der Waals surface area contributed by atoms with Crippen molar-refractivity contribution < 1.29 is 13.2 Å². The highest BCUT2D eigenvalue weighted by Gasteiger charge is 2.33. The maximum absolute atomic E-state index is 12.0. The standard InChI is InChI=1S/C11H23N3O3S/c1-4-5-10(12)11(15)13-6-7-14(9(2)8-13)18(3,16)17/h9-10H,4-8,12H2,1-3H3/t9-,10-/m0/s1. The Morgan fingerprint density at radius 2 is 2.06 bits per heavy atom. The number of rotatable bonds is 4. The maximum Gasteiger partial charge on any atom is 0.239 e. The van der Waals surface area contributed by atoms with Gasteiger partial charge in [-0.3, -0.25) is 4.79 Å². The summed E-state index contributed by atoms with van der Waals surface area (Å²) in [6.07, 6.45) is 2.73. The van der Waals surface area contributed by atoms with E-state index in [2.05, 4.69) is 0 Å². The number of nitrogens with zero attached hydrogens (tertiary/aromatic N) is 2. The first-order valence-corrected chi connectivity index (χ1v) is 8.13. The van der Waals surface area contributed by atoms with Gasteiger partial charge < -0.3 is 10.6 Å². The van der Waals surface area contributed by atoms with Crippen molar-refractivity contribution in [1.29, 1.82) is 0 Å². The monoisotopic (exact) mass is 277 g/mol.